The Morgan fingerprint density at radius 3 is 2.41 bits per heavy atom. The van der Waals surface area contributed by atoms with Gasteiger partial charge in [0, 0.05) is 30.6 Å². The highest BCUT2D eigenvalue weighted by atomic mass is 19.2. The molecule has 0 radical (unpaired) electrons. The van der Waals surface area contributed by atoms with Gasteiger partial charge in [0.1, 0.15) is 5.75 Å². The van der Waals surface area contributed by atoms with Crippen LogP contribution in [0.15, 0.2) is 30.6 Å². The summed E-state index contributed by atoms with van der Waals surface area (Å²) in [5, 5.41) is 0. The van der Waals surface area contributed by atoms with E-state index in [1.807, 2.05) is 0 Å². The molecule has 0 fully saturated rings. The van der Waals surface area contributed by atoms with Crippen LogP contribution in [0.3, 0.4) is 0 Å². The third kappa shape index (κ3) is 2.73. The summed E-state index contributed by atoms with van der Waals surface area (Å²) in [5.41, 5.74) is 6.13. The molecule has 0 unspecified atom stereocenters. The van der Waals surface area contributed by atoms with E-state index in [1.165, 1.54) is 18.5 Å². The Bertz CT molecular complexity index is 517. The molecular formula is C11H9F2N3O. The van der Waals surface area contributed by atoms with Crippen molar-refractivity contribution in [3.63, 3.8) is 0 Å². The zero-order chi connectivity index (χ0) is 12.3. The van der Waals surface area contributed by atoms with E-state index < -0.39 is 11.6 Å². The fourth-order valence-corrected chi connectivity index (χ4v) is 1.15. The maximum atomic E-state index is 12.9. The lowest BCUT2D eigenvalue weighted by molar-refractivity contribution is 0.430. The average molecular weight is 237 g/mol. The molecule has 1 heterocycles. The Balaban J connectivity index is 2.16. The van der Waals surface area contributed by atoms with Crippen molar-refractivity contribution in [1.29, 1.82) is 0 Å². The van der Waals surface area contributed by atoms with Gasteiger partial charge in [0.25, 0.3) is 0 Å². The number of aromatic nitrogens is 2. The Morgan fingerprint density at radius 1 is 1.12 bits per heavy atom. The normalized spacial score (nSPS) is 10.3. The van der Waals surface area contributed by atoms with E-state index in [0.717, 1.165) is 17.7 Å². The Morgan fingerprint density at radius 2 is 1.82 bits per heavy atom. The lowest BCUT2D eigenvalue weighted by Gasteiger charge is -2.04. The van der Waals surface area contributed by atoms with Crippen molar-refractivity contribution in [1.82, 2.24) is 9.97 Å². The predicted molar refractivity (Wildman–Crippen MR) is 56.4 cm³/mol. The van der Waals surface area contributed by atoms with Crippen LogP contribution in [0.2, 0.25) is 0 Å². The van der Waals surface area contributed by atoms with Crippen molar-refractivity contribution < 1.29 is 13.5 Å². The zero-order valence-corrected chi connectivity index (χ0v) is 8.73. The number of hydrogen-bond acceptors (Lipinski definition) is 4. The average Bonchev–Trinajstić information content (AvgIpc) is 2.35. The van der Waals surface area contributed by atoms with E-state index in [0.29, 0.717) is 6.54 Å². The maximum absolute atomic E-state index is 12.9. The Labute approximate surface area is 96.1 Å². The van der Waals surface area contributed by atoms with Gasteiger partial charge < -0.3 is 10.5 Å². The van der Waals surface area contributed by atoms with Gasteiger partial charge in [-0.3, -0.25) is 0 Å². The van der Waals surface area contributed by atoms with Crippen molar-refractivity contribution >= 4 is 0 Å². The second-order valence-electron chi connectivity index (χ2n) is 3.26. The predicted octanol–water partition coefficient (Wildman–Crippen LogP) is 2.01. The second kappa shape index (κ2) is 4.84. The van der Waals surface area contributed by atoms with Gasteiger partial charge in [-0.2, -0.15) is 0 Å². The summed E-state index contributed by atoms with van der Waals surface area (Å²) in [5.74, 6) is -1.79. The van der Waals surface area contributed by atoms with Crippen LogP contribution < -0.4 is 10.5 Å². The quantitative estimate of drug-likeness (QED) is 0.886. The van der Waals surface area contributed by atoms with Crippen molar-refractivity contribution in [2.24, 2.45) is 5.73 Å². The molecule has 0 saturated heterocycles. The third-order valence-electron chi connectivity index (χ3n) is 2.02. The SMILES string of the molecule is NCc1cnc(Oc2ccc(F)c(F)c2)nc1. The highest BCUT2D eigenvalue weighted by Crippen LogP contribution is 2.19. The van der Waals surface area contributed by atoms with Crippen LogP contribution in [-0.2, 0) is 6.54 Å². The summed E-state index contributed by atoms with van der Waals surface area (Å²) in [6.45, 7) is 0.325. The van der Waals surface area contributed by atoms with Crippen LogP contribution in [0.25, 0.3) is 0 Å². The van der Waals surface area contributed by atoms with Crippen molar-refractivity contribution in [3.05, 3.63) is 47.8 Å². The minimum atomic E-state index is -0.985. The lowest BCUT2D eigenvalue weighted by atomic mass is 10.3. The molecule has 0 atom stereocenters. The van der Waals surface area contributed by atoms with Crippen molar-refractivity contribution in [2.45, 2.75) is 6.54 Å². The van der Waals surface area contributed by atoms with Crippen LogP contribution in [0.4, 0.5) is 8.78 Å². The molecule has 0 saturated carbocycles. The first-order chi connectivity index (χ1) is 8.19. The van der Waals surface area contributed by atoms with Gasteiger partial charge in [0.15, 0.2) is 11.6 Å². The summed E-state index contributed by atoms with van der Waals surface area (Å²) >= 11 is 0. The molecule has 0 amide bonds. The van der Waals surface area contributed by atoms with E-state index in [1.54, 1.807) is 0 Å². The summed E-state index contributed by atoms with van der Waals surface area (Å²) in [7, 11) is 0. The molecule has 0 bridgehead atoms. The maximum Gasteiger partial charge on any atom is 0.321 e. The molecule has 4 nitrogen and oxygen atoms in total. The van der Waals surface area contributed by atoms with Gasteiger partial charge in [0.2, 0.25) is 0 Å². The van der Waals surface area contributed by atoms with Crippen LogP contribution in [0.1, 0.15) is 5.56 Å². The molecule has 2 aromatic rings. The topological polar surface area (TPSA) is 61.0 Å². The second-order valence-corrected chi connectivity index (χ2v) is 3.26. The van der Waals surface area contributed by atoms with Crippen LogP contribution in [0.5, 0.6) is 11.8 Å². The first-order valence-corrected chi connectivity index (χ1v) is 4.83. The van der Waals surface area contributed by atoms with E-state index in [2.05, 4.69) is 9.97 Å². The first kappa shape index (κ1) is 11.4. The molecule has 17 heavy (non-hydrogen) atoms. The number of hydrogen-bond donors (Lipinski definition) is 1. The van der Waals surface area contributed by atoms with E-state index in [4.69, 9.17) is 10.5 Å². The molecule has 88 valence electrons. The number of nitrogens with two attached hydrogens (primary N) is 1. The van der Waals surface area contributed by atoms with E-state index >= 15 is 0 Å². The van der Waals surface area contributed by atoms with Gasteiger partial charge >= 0.3 is 6.01 Å². The number of rotatable bonds is 3. The number of ether oxygens (including phenoxy) is 1. The van der Waals surface area contributed by atoms with Gasteiger partial charge in [-0.1, -0.05) is 0 Å². The fourth-order valence-electron chi connectivity index (χ4n) is 1.15. The molecule has 0 spiro atoms. The van der Waals surface area contributed by atoms with Crippen LogP contribution in [-0.4, -0.2) is 9.97 Å². The van der Waals surface area contributed by atoms with Gasteiger partial charge in [-0.15, -0.1) is 0 Å². The Kier molecular flexibility index (Phi) is 3.24. The summed E-state index contributed by atoms with van der Waals surface area (Å²) in [4.78, 5) is 7.73. The fraction of sp³-hybridized carbons (Fsp3) is 0.0909. The molecule has 0 aliphatic carbocycles. The van der Waals surface area contributed by atoms with Gasteiger partial charge in [0.05, 0.1) is 0 Å². The van der Waals surface area contributed by atoms with E-state index in [-0.39, 0.29) is 11.8 Å². The summed E-state index contributed by atoms with van der Waals surface area (Å²) in [6.07, 6.45) is 3.00. The molecule has 0 aliphatic heterocycles. The minimum absolute atomic E-state index is 0.0493. The highest BCUT2D eigenvalue weighted by Gasteiger charge is 2.05. The standard InChI is InChI=1S/C11H9F2N3O/c12-9-2-1-8(3-10(9)13)17-11-15-5-7(4-14)6-16-11/h1-3,5-6H,4,14H2. The minimum Gasteiger partial charge on any atom is -0.424 e. The third-order valence-corrected chi connectivity index (χ3v) is 2.02. The molecular weight excluding hydrogens is 228 g/mol. The Hall–Kier alpha value is -2.08. The summed E-state index contributed by atoms with van der Waals surface area (Å²) in [6, 6.07) is 3.24. The lowest BCUT2D eigenvalue weighted by Crippen LogP contribution is -1.99. The molecule has 2 N–H and O–H groups in total. The number of halogens is 2. The van der Waals surface area contributed by atoms with Gasteiger partial charge in [-0.05, 0) is 12.1 Å². The number of nitrogens with zero attached hydrogens (tertiary/aromatic N) is 2. The van der Waals surface area contributed by atoms with Crippen LogP contribution in [0, 0.1) is 11.6 Å². The highest BCUT2D eigenvalue weighted by molar-refractivity contribution is 5.26. The van der Waals surface area contributed by atoms with Crippen LogP contribution >= 0.6 is 0 Å². The monoisotopic (exact) mass is 237 g/mol. The molecule has 0 aliphatic rings. The zero-order valence-electron chi connectivity index (χ0n) is 8.73. The van der Waals surface area contributed by atoms with E-state index in [9.17, 15) is 8.78 Å². The molecule has 6 heteroatoms. The molecule has 1 aromatic carbocycles. The molecule has 1 aromatic heterocycles. The molecule has 2 rings (SSSR count). The van der Waals surface area contributed by atoms with Gasteiger partial charge in [-0.25, -0.2) is 18.7 Å². The smallest absolute Gasteiger partial charge is 0.321 e. The van der Waals surface area contributed by atoms with Crippen molar-refractivity contribution in [2.75, 3.05) is 0 Å². The van der Waals surface area contributed by atoms with Crippen molar-refractivity contribution in [3.8, 4) is 11.8 Å². The first-order valence-electron chi connectivity index (χ1n) is 4.83. The number of benzene rings is 1. The summed E-state index contributed by atoms with van der Waals surface area (Å²) < 4.78 is 30.7. The largest absolute Gasteiger partial charge is 0.424 e.